The van der Waals surface area contributed by atoms with Gasteiger partial charge in [0, 0.05) is 30.3 Å². The number of nitrogens with one attached hydrogen (secondary N) is 1. The van der Waals surface area contributed by atoms with E-state index in [1.807, 2.05) is 29.3 Å². The quantitative estimate of drug-likeness (QED) is 0.873. The highest BCUT2D eigenvalue weighted by molar-refractivity contribution is 5.95. The van der Waals surface area contributed by atoms with E-state index in [2.05, 4.69) is 10.4 Å². The van der Waals surface area contributed by atoms with Gasteiger partial charge in [-0.05, 0) is 30.7 Å². The van der Waals surface area contributed by atoms with E-state index < -0.39 is 17.4 Å². The lowest BCUT2D eigenvalue weighted by atomic mass is 9.85. The van der Waals surface area contributed by atoms with Gasteiger partial charge in [-0.15, -0.1) is 5.10 Å². The number of halogens is 2. The van der Waals surface area contributed by atoms with E-state index >= 15 is 0 Å². The van der Waals surface area contributed by atoms with Crippen molar-refractivity contribution in [2.75, 3.05) is 18.4 Å². The Labute approximate surface area is 137 Å². The van der Waals surface area contributed by atoms with Crippen molar-refractivity contribution in [2.45, 2.75) is 12.1 Å². The minimum atomic E-state index is -0.726. The Bertz CT molecular complexity index is 869. The second-order valence-corrected chi connectivity index (χ2v) is 6.36. The van der Waals surface area contributed by atoms with Crippen LogP contribution in [0.3, 0.4) is 0 Å². The molecule has 0 radical (unpaired) electrons. The van der Waals surface area contributed by atoms with E-state index in [1.165, 1.54) is 0 Å². The predicted molar refractivity (Wildman–Crippen MR) is 85.4 cm³/mol. The molecule has 2 aromatic carbocycles. The molecule has 3 aliphatic heterocycles. The van der Waals surface area contributed by atoms with Crippen LogP contribution in [-0.4, -0.2) is 24.0 Å². The van der Waals surface area contributed by atoms with Crippen LogP contribution < -0.4 is 5.32 Å². The van der Waals surface area contributed by atoms with Gasteiger partial charge < -0.3 is 10.1 Å². The van der Waals surface area contributed by atoms with Gasteiger partial charge in [0.1, 0.15) is 11.6 Å². The summed E-state index contributed by atoms with van der Waals surface area (Å²) in [6.07, 6.45) is 0.934. The molecule has 1 N–H and O–H groups in total. The molecule has 2 aromatic rings. The minimum Gasteiger partial charge on any atom is -0.443 e. The SMILES string of the molecule is Fc1ccc(F)c(C2=NN3CCC4CNc5ccccc5C43O2)c1. The van der Waals surface area contributed by atoms with Gasteiger partial charge >= 0.3 is 0 Å². The smallest absolute Gasteiger partial charge is 0.243 e. The summed E-state index contributed by atoms with van der Waals surface area (Å²) in [5.74, 6) is -0.699. The number of hydrazone groups is 1. The fraction of sp³-hybridized carbons (Fsp3) is 0.278. The number of hydrogen-bond donors (Lipinski definition) is 1. The number of anilines is 1. The first-order valence-electron chi connectivity index (χ1n) is 8.02. The van der Waals surface area contributed by atoms with Crippen molar-refractivity contribution in [2.24, 2.45) is 11.0 Å². The van der Waals surface area contributed by atoms with Gasteiger partial charge in [-0.2, -0.15) is 0 Å². The first kappa shape index (κ1) is 13.8. The van der Waals surface area contributed by atoms with Crippen LogP contribution in [0.4, 0.5) is 14.5 Å². The summed E-state index contributed by atoms with van der Waals surface area (Å²) in [5.41, 5.74) is 1.33. The number of rotatable bonds is 1. The molecule has 2 atom stereocenters. The summed E-state index contributed by atoms with van der Waals surface area (Å²) in [5, 5.41) is 9.80. The second-order valence-electron chi connectivity index (χ2n) is 6.36. The van der Waals surface area contributed by atoms with Crippen LogP contribution in [0.15, 0.2) is 47.6 Å². The topological polar surface area (TPSA) is 36.9 Å². The molecule has 2 unspecified atom stereocenters. The van der Waals surface area contributed by atoms with Crippen LogP contribution in [0.25, 0.3) is 0 Å². The van der Waals surface area contributed by atoms with Crippen molar-refractivity contribution in [1.29, 1.82) is 0 Å². The lowest BCUT2D eigenvalue weighted by Crippen LogP contribution is -2.47. The Morgan fingerprint density at radius 3 is 3.00 bits per heavy atom. The van der Waals surface area contributed by atoms with Gasteiger partial charge in [-0.3, -0.25) is 0 Å². The van der Waals surface area contributed by atoms with Crippen molar-refractivity contribution in [1.82, 2.24) is 5.01 Å². The van der Waals surface area contributed by atoms with E-state index in [0.717, 1.165) is 49.0 Å². The van der Waals surface area contributed by atoms with Crippen LogP contribution in [-0.2, 0) is 10.5 Å². The van der Waals surface area contributed by atoms with Gasteiger partial charge in [0.25, 0.3) is 0 Å². The van der Waals surface area contributed by atoms with E-state index in [0.29, 0.717) is 0 Å². The Morgan fingerprint density at radius 1 is 1.21 bits per heavy atom. The molecular formula is C18H15F2N3O. The molecular weight excluding hydrogens is 312 g/mol. The zero-order chi connectivity index (χ0) is 16.3. The maximum atomic E-state index is 14.2. The maximum absolute atomic E-state index is 14.2. The molecule has 6 heteroatoms. The summed E-state index contributed by atoms with van der Waals surface area (Å²) in [6.45, 7) is 1.49. The van der Waals surface area contributed by atoms with E-state index in [-0.39, 0.29) is 17.4 Å². The van der Waals surface area contributed by atoms with E-state index in [9.17, 15) is 8.78 Å². The molecule has 3 heterocycles. The van der Waals surface area contributed by atoms with Gasteiger partial charge in [0.15, 0.2) is 0 Å². The van der Waals surface area contributed by atoms with Crippen LogP contribution in [0.2, 0.25) is 0 Å². The summed E-state index contributed by atoms with van der Waals surface area (Å²) in [7, 11) is 0. The average Bonchev–Trinajstić information content (AvgIpc) is 3.12. The Hall–Kier alpha value is -2.63. The molecule has 0 amide bonds. The molecule has 1 saturated heterocycles. The van der Waals surface area contributed by atoms with Crippen molar-refractivity contribution in [3.63, 3.8) is 0 Å². The van der Waals surface area contributed by atoms with Crippen LogP contribution in [0.1, 0.15) is 17.5 Å². The van der Waals surface area contributed by atoms with Crippen LogP contribution in [0, 0.1) is 17.6 Å². The van der Waals surface area contributed by atoms with Crippen molar-refractivity contribution in [3.8, 4) is 0 Å². The minimum absolute atomic E-state index is 0.0635. The van der Waals surface area contributed by atoms with E-state index in [1.54, 1.807) is 0 Å². The molecule has 5 rings (SSSR count). The monoisotopic (exact) mass is 327 g/mol. The number of benzene rings is 2. The third-order valence-corrected chi connectivity index (χ3v) is 5.10. The first-order valence-corrected chi connectivity index (χ1v) is 8.02. The first-order chi connectivity index (χ1) is 11.7. The maximum Gasteiger partial charge on any atom is 0.243 e. The lowest BCUT2D eigenvalue weighted by molar-refractivity contribution is -0.0732. The molecule has 0 bridgehead atoms. The van der Waals surface area contributed by atoms with Gasteiger partial charge in [0.05, 0.1) is 5.56 Å². The predicted octanol–water partition coefficient (Wildman–Crippen LogP) is 3.26. The third kappa shape index (κ3) is 1.68. The zero-order valence-electron chi connectivity index (χ0n) is 12.8. The number of para-hydroxylation sites is 1. The number of ether oxygens (including phenoxy) is 1. The molecule has 24 heavy (non-hydrogen) atoms. The summed E-state index contributed by atoms with van der Waals surface area (Å²) in [4.78, 5) is 0. The molecule has 3 aliphatic rings. The van der Waals surface area contributed by atoms with Crippen molar-refractivity contribution in [3.05, 3.63) is 65.2 Å². The molecule has 122 valence electrons. The van der Waals surface area contributed by atoms with Crippen LogP contribution in [0.5, 0.6) is 0 Å². The highest BCUT2D eigenvalue weighted by atomic mass is 19.1. The van der Waals surface area contributed by atoms with Crippen molar-refractivity contribution < 1.29 is 13.5 Å². The van der Waals surface area contributed by atoms with Gasteiger partial charge in [-0.1, -0.05) is 18.2 Å². The lowest BCUT2D eigenvalue weighted by Gasteiger charge is -2.40. The number of hydrogen-bond acceptors (Lipinski definition) is 4. The van der Waals surface area contributed by atoms with Gasteiger partial charge in [0.2, 0.25) is 11.6 Å². The highest BCUT2D eigenvalue weighted by Gasteiger charge is 2.59. The summed E-state index contributed by atoms with van der Waals surface area (Å²) in [6, 6.07) is 11.3. The third-order valence-electron chi connectivity index (χ3n) is 5.10. The molecule has 0 aromatic heterocycles. The molecule has 1 fully saturated rings. The Kier molecular flexibility index (Phi) is 2.69. The molecule has 4 nitrogen and oxygen atoms in total. The Morgan fingerprint density at radius 2 is 2.08 bits per heavy atom. The fourth-order valence-electron chi connectivity index (χ4n) is 4.00. The highest BCUT2D eigenvalue weighted by Crippen LogP contribution is 2.52. The second kappa shape index (κ2) is 4.69. The van der Waals surface area contributed by atoms with E-state index in [4.69, 9.17) is 4.74 Å². The largest absolute Gasteiger partial charge is 0.443 e. The standard InChI is InChI=1S/C18H15F2N3O/c19-12-5-6-15(20)13(9-12)17-22-23-8-7-11-10-21-16-4-2-1-3-14(16)18(11,23)24-17/h1-6,9,11,21H,7-8,10H2. The average molecular weight is 327 g/mol. The summed E-state index contributed by atoms with van der Waals surface area (Å²) >= 11 is 0. The van der Waals surface area contributed by atoms with Gasteiger partial charge in [-0.25, -0.2) is 13.8 Å². The summed E-state index contributed by atoms with van der Waals surface area (Å²) < 4.78 is 34.0. The number of nitrogens with zero attached hydrogens (tertiary/aromatic N) is 2. The molecule has 1 spiro atoms. The zero-order valence-corrected chi connectivity index (χ0v) is 12.8. The van der Waals surface area contributed by atoms with Crippen LogP contribution >= 0.6 is 0 Å². The van der Waals surface area contributed by atoms with Crippen molar-refractivity contribution >= 4 is 11.6 Å². The number of fused-ring (bicyclic) bond motifs is 1. The molecule has 0 saturated carbocycles. The fourth-order valence-corrected chi connectivity index (χ4v) is 4.00. The normalized spacial score (nSPS) is 26.8. The molecule has 0 aliphatic carbocycles. The Balaban J connectivity index is 1.64.